The molecule has 0 fully saturated rings. The molecule has 0 amide bonds. The summed E-state index contributed by atoms with van der Waals surface area (Å²) in [5.74, 6) is 0. The lowest BCUT2D eigenvalue weighted by Crippen LogP contribution is -1.90. The van der Waals surface area contributed by atoms with Crippen LogP contribution in [0.4, 0.5) is 5.69 Å². The topological polar surface area (TPSA) is 62.7 Å². The van der Waals surface area contributed by atoms with Gasteiger partial charge in [-0.15, -0.1) is 0 Å². The predicted molar refractivity (Wildman–Crippen MR) is 68.9 cm³/mol. The number of rotatable bonds is 2. The zero-order chi connectivity index (χ0) is 12.3. The standard InChI is InChI=1S/C12H8ClN3S/c13-10-2-1-5-16-12(10)17-9-4-3-8(7-14)11(15)6-9/h1-6H,15H2. The molecule has 0 aliphatic carbocycles. The van der Waals surface area contributed by atoms with E-state index in [1.165, 1.54) is 11.8 Å². The minimum absolute atomic E-state index is 0.463. The maximum Gasteiger partial charge on any atom is 0.119 e. The molecule has 0 aliphatic heterocycles. The van der Waals surface area contributed by atoms with E-state index in [0.717, 1.165) is 9.92 Å². The number of benzene rings is 1. The number of aromatic nitrogens is 1. The van der Waals surface area contributed by atoms with Gasteiger partial charge >= 0.3 is 0 Å². The number of halogens is 1. The number of hydrogen-bond donors (Lipinski definition) is 1. The molecule has 0 radical (unpaired) electrons. The summed E-state index contributed by atoms with van der Waals surface area (Å²) in [4.78, 5) is 5.08. The molecule has 0 saturated heterocycles. The second kappa shape index (κ2) is 5.09. The Morgan fingerprint density at radius 3 is 2.82 bits per heavy atom. The average molecular weight is 262 g/mol. The van der Waals surface area contributed by atoms with Gasteiger partial charge in [0.15, 0.2) is 0 Å². The van der Waals surface area contributed by atoms with Gasteiger partial charge in [-0.2, -0.15) is 5.26 Å². The van der Waals surface area contributed by atoms with Crippen LogP contribution in [0.25, 0.3) is 0 Å². The molecule has 0 unspecified atom stereocenters. The molecule has 2 aromatic rings. The molecule has 2 rings (SSSR count). The van der Waals surface area contributed by atoms with E-state index in [2.05, 4.69) is 4.98 Å². The zero-order valence-electron chi connectivity index (χ0n) is 8.72. The first-order valence-corrected chi connectivity index (χ1v) is 5.98. The van der Waals surface area contributed by atoms with Crippen LogP contribution in [0.1, 0.15) is 5.56 Å². The Kier molecular flexibility index (Phi) is 3.52. The van der Waals surface area contributed by atoms with Crippen LogP contribution in [0.15, 0.2) is 46.5 Å². The Morgan fingerprint density at radius 1 is 1.35 bits per heavy atom. The van der Waals surface area contributed by atoms with Gasteiger partial charge in [-0.1, -0.05) is 23.4 Å². The summed E-state index contributed by atoms with van der Waals surface area (Å²) >= 11 is 7.42. The van der Waals surface area contributed by atoms with Crippen LogP contribution < -0.4 is 5.73 Å². The summed E-state index contributed by atoms with van der Waals surface area (Å²) in [6.45, 7) is 0. The van der Waals surface area contributed by atoms with Crippen LogP contribution in [0.5, 0.6) is 0 Å². The van der Waals surface area contributed by atoms with Gasteiger partial charge in [-0.3, -0.25) is 0 Å². The van der Waals surface area contributed by atoms with Gasteiger partial charge < -0.3 is 5.73 Å². The first-order chi connectivity index (χ1) is 8.20. The third-order valence-corrected chi connectivity index (χ3v) is 3.51. The third kappa shape index (κ3) is 2.70. The second-order valence-electron chi connectivity index (χ2n) is 3.25. The molecule has 0 spiro atoms. The van der Waals surface area contributed by atoms with E-state index in [1.54, 1.807) is 30.5 Å². The van der Waals surface area contributed by atoms with Crippen LogP contribution in [0, 0.1) is 11.3 Å². The predicted octanol–water partition coefficient (Wildman–Crippen LogP) is 3.34. The summed E-state index contributed by atoms with van der Waals surface area (Å²) in [5, 5.41) is 10.1. The van der Waals surface area contributed by atoms with Crippen molar-refractivity contribution in [1.29, 1.82) is 5.26 Å². The molecule has 1 aromatic carbocycles. The van der Waals surface area contributed by atoms with Gasteiger partial charge in [0, 0.05) is 11.1 Å². The maximum absolute atomic E-state index is 8.77. The Balaban J connectivity index is 2.29. The van der Waals surface area contributed by atoms with Crippen LogP contribution in [0.2, 0.25) is 5.02 Å². The monoisotopic (exact) mass is 261 g/mol. The lowest BCUT2D eigenvalue weighted by atomic mass is 10.2. The lowest BCUT2D eigenvalue weighted by molar-refractivity contribution is 1.13. The molecule has 1 heterocycles. The van der Waals surface area contributed by atoms with Gasteiger partial charge in [0.2, 0.25) is 0 Å². The minimum Gasteiger partial charge on any atom is -0.398 e. The largest absolute Gasteiger partial charge is 0.398 e. The molecule has 0 bridgehead atoms. The fourth-order valence-corrected chi connectivity index (χ4v) is 2.33. The third-order valence-electron chi connectivity index (χ3n) is 2.08. The van der Waals surface area contributed by atoms with E-state index < -0.39 is 0 Å². The number of anilines is 1. The quantitative estimate of drug-likeness (QED) is 0.842. The Hall–Kier alpha value is -1.70. The van der Waals surface area contributed by atoms with E-state index >= 15 is 0 Å². The molecule has 17 heavy (non-hydrogen) atoms. The van der Waals surface area contributed by atoms with E-state index in [0.29, 0.717) is 16.3 Å². The Labute approximate surface area is 108 Å². The number of nitriles is 1. The number of nitrogens with two attached hydrogens (primary N) is 1. The number of pyridine rings is 1. The van der Waals surface area contributed by atoms with Gasteiger partial charge in [0.1, 0.15) is 11.1 Å². The van der Waals surface area contributed by atoms with E-state index in [1.807, 2.05) is 12.1 Å². The van der Waals surface area contributed by atoms with Crippen molar-refractivity contribution in [3.8, 4) is 6.07 Å². The van der Waals surface area contributed by atoms with Crippen LogP contribution in [0.3, 0.4) is 0 Å². The van der Waals surface area contributed by atoms with E-state index in [9.17, 15) is 0 Å². The molecular weight excluding hydrogens is 254 g/mol. The van der Waals surface area contributed by atoms with E-state index in [-0.39, 0.29) is 0 Å². The minimum atomic E-state index is 0.463. The smallest absolute Gasteiger partial charge is 0.119 e. The summed E-state index contributed by atoms with van der Waals surface area (Å²) in [7, 11) is 0. The highest BCUT2D eigenvalue weighted by Crippen LogP contribution is 2.32. The van der Waals surface area contributed by atoms with Crippen molar-refractivity contribution in [3.63, 3.8) is 0 Å². The van der Waals surface area contributed by atoms with Gasteiger partial charge in [0.25, 0.3) is 0 Å². The highest BCUT2D eigenvalue weighted by atomic mass is 35.5. The lowest BCUT2D eigenvalue weighted by Gasteiger charge is -2.04. The first kappa shape index (κ1) is 11.8. The molecule has 5 heteroatoms. The summed E-state index contributed by atoms with van der Waals surface area (Å²) in [5.41, 5.74) is 6.67. The van der Waals surface area contributed by atoms with Crippen molar-refractivity contribution in [2.45, 2.75) is 9.92 Å². The zero-order valence-corrected chi connectivity index (χ0v) is 10.3. The Bertz CT molecular complexity index is 593. The van der Waals surface area contributed by atoms with Crippen molar-refractivity contribution >= 4 is 29.1 Å². The summed E-state index contributed by atoms with van der Waals surface area (Å²) in [6.07, 6.45) is 1.68. The van der Waals surface area contributed by atoms with Crippen LogP contribution >= 0.6 is 23.4 Å². The van der Waals surface area contributed by atoms with Gasteiger partial charge in [0.05, 0.1) is 16.3 Å². The number of nitrogen functional groups attached to an aromatic ring is 1. The molecule has 2 N–H and O–H groups in total. The molecule has 84 valence electrons. The average Bonchev–Trinajstić information content (AvgIpc) is 2.32. The van der Waals surface area contributed by atoms with Crippen molar-refractivity contribution in [2.75, 3.05) is 5.73 Å². The SMILES string of the molecule is N#Cc1ccc(Sc2ncccc2Cl)cc1N. The van der Waals surface area contributed by atoms with E-state index in [4.69, 9.17) is 22.6 Å². The van der Waals surface area contributed by atoms with Crippen LogP contribution in [-0.2, 0) is 0 Å². The highest BCUT2D eigenvalue weighted by molar-refractivity contribution is 7.99. The highest BCUT2D eigenvalue weighted by Gasteiger charge is 2.05. The molecule has 3 nitrogen and oxygen atoms in total. The summed E-state index contributed by atoms with van der Waals surface area (Å²) in [6, 6.07) is 10.8. The fourth-order valence-electron chi connectivity index (χ4n) is 1.26. The van der Waals surface area contributed by atoms with Gasteiger partial charge in [-0.25, -0.2) is 4.98 Å². The van der Waals surface area contributed by atoms with Crippen molar-refractivity contribution < 1.29 is 0 Å². The molecule has 0 atom stereocenters. The molecular formula is C12H8ClN3S. The Morgan fingerprint density at radius 2 is 2.18 bits per heavy atom. The second-order valence-corrected chi connectivity index (χ2v) is 4.72. The van der Waals surface area contributed by atoms with Crippen LogP contribution in [-0.4, -0.2) is 4.98 Å². The molecule has 0 saturated carbocycles. The number of hydrogen-bond acceptors (Lipinski definition) is 4. The molecule has 1 aromatic heterocycles. The fraction of sp³-hybridized carbons (Fsp3) is 0. The summed E-state index contributed by atoms with van der Waals surface area (Å²) < 4.78 is 0. The van der Waals surface area contributed by atoms with Crippen molar-refractivity contribution in [3.05, 3.63) is 47.1 Å². The van der Waals surface area contributed by atoms with Gasteiger partial charge in [-0.05, 0) is 30.3 Å². The molecule has 0 aliphatic rings. The van der Waals surface area contributed by atoms with Crippen molar-refractivity contribution in [2.24, 2.45) is 0 Å². The maximum atomic E-state index is 8.77. The number of nitrogens with zero attached hydrogens (tertiary/aromatic N) is 2. The first-order valence-electron chi connectivity index (χ1n) is 4.78. The normalized spacial score (nSPS) is 9.88. The van der Waals surface area contributed by atoms with Crippen molar-refractivity contribution in [1.82, 2.24) is 4.98 Å².